The number of carbonyl (C=O) groups excluding carboxylic acids is 1. The Balaban J connectivity index is 1.58. The molecule has 2 unspecified atom stereocenters. The highest BCUT2D eigenvalue weighted by atomic mass is 32.1. The van der Waals surface area contributed by atoms with Crippen LogP contribution in [-0.4, -0.2) is 36.1 Å². The zero-order chi connectivity index (χ0) is 12.9. The topological polar surface area (TPSA) is 41.6 Å². The molecule has 1 aromatic heterocycles. The molecule has 0 bridgehead atoms. The van der Waals surface area contributed by atoms with Crippen molar-refractivity contribution in [2.75, 3.05) is 19.8 Å². The molecule has 19 heavy (non-hydrogen) atoms. The van der Waals surface area contributed by atoms with Gasteiger partial charge in [0.05, 0.1) is 6.61 Å². The number of rotatable bonds is 3. The van der Waals surface area contributed by atoms with Crippen LogP contribution in [0, 0.1) is 5.92 Å². The first-order chi connectivity index (χ1) is 9.28. The largest absolute Gasteiger partial charge is 0.381 e. The first-order valence-corrected chi connectivity index (χ1v) is 7.86. The Morgan fingerprint density at radius 1 is 1.53 bits per heavy atom. The Kier molecular flexibility index (Phi) is 2.69. The molecule has 2 saturated heterocycles. The number of thiophene rings is 1. The van der Waals surface area contributed by atoms with Gasteiger partial charge >= 0.3 is 0 Å². The van der Waals surface area contributed by atoms with Crippen molar-refractivity contribution in [1.82, 2.24) is 10.2 Å². The molecule has 4 nitrogen and oxygen atoms in total. The van der Waals surface area contributed by atoms with Crippen LogP contribution in [0.2, 0.25) is 0 Å². The van der Waals surface area contributed by atoms with Crippen molar-refractivity contribution >= 4 is 17.2 Å². The standard InChI is InChI=1S/C14H18N2O2S/c17-13-14(4-5-14)15-12(11-2-1-7-19-11)16(13)8-10-3-6-18-9-10/h1-2,7,10,12,15H,3-6,8-9H2. The molecule has 102 valence electrons. The SMILES string of the molecule is O=C1N(CC2CCOC2)C(c2cccs2)NC12CC2. The highest BCUT2D eigenvalue weighted by Gasteiger charge is 2.59. The van der Waals surface area contributed by atoms with E-state index in [1.54, 1.807) is 11.3 Å². The van der Waals surface area contributed by atoms with Gasteiger partial charge in [-0.2, -0.15) is 0 Å². The van der Waals surface area contributed by atoms with Crippen LogP contribution in [0.5, 0.6) is 0 Å². The summed E-state index contributed by atoms with van der Waals surface area (Å²) in [6, 6.07) is 4.18. The molecule has 4 rings (SSSR count). The summed E-state index contributed by atoms with van der Waals surface area (Å²) >= 11 is 1.72. The maximum absolute atomic E-state index is 12.6. The van der Waals surface area contributed by atoms with Gasteiger partial charge in [-0.1, -0.05) is 6.07 Å². The van der Waals surface area contributed by atoms with E-state index in [1.165, 1.54) is 4.88 Å². The van der Waals surface area contributed by atoms with Gasteiger partial charge in [0, 0.05) is 23.9 Å². The minimum atomic E-state index is -0.228. The molecule has 1 aromatic rings. The lowest BCUT2D eigenvalue weighted by Gasteiger charge is -2.25. The highest BCUT2D eigenvalue weighted by Crippen LogP contribution is 2.46. The van der Waals surface area contributed by atoms with Crippen LogP contribution in [-0.2, 0) is 9.53 Å². The summed E-state index contributed by atoms with van der Waals surface area (Å²) in [7, 11) is 0. The Labute approximate surface area is 116 Å². The molecular weight excluding hydrogens is 260 g/mol. The predicted octanol–water partition coefficient (Wildman–Crippen LogP) is 1.75. The van der Waals surface area contributed by atoms with Crippen molar-refractivity contribution in [1.29, 1.82) is 0 Å². The third-order valence-electron chi connectivity index (χ3n) is 4.44. The Morgan fingerprint density at radius 2 is 2.42 bits per heavy atom. The number of hydrogen-bond acceptors (Lipinski definition) is 4. The quantitative estimate of drug-likeness (QED) is 0.916. The monoisotopic (exact) mass is 278 g/mol. The third kappa shape index (κ3) is 1.91. The number of nitrogens with one attached hydrogen (secondary N) is 1. The van der Waals surface area contributed by atoms with E-state index in [0.717, 1.165) is 39.0 Å². The van der Waals surface area contributed by atoms with E-state index in [4.69, 9.17) is 4.74 Å². The third-order valence-corrected chi connectivity index (χ3v) is 5.36. The average Bonchev–Trinajstić information content (AvgIpc) is 2.86. The summed E-state index contributed by atoms with van der Waals surface area (Å²) in [5.74, 6) is 0.805. The molecule has 2 atom stereocenters. The lowest BCUT2D eigenvalue weighted by molar-refractivity contribution is -0.131. The first-order valence-electron chi connectivity index (χ1n) is 6.98. The van der Waals surface area contributed by atoms with Gasteiger partial charge < -0.3 is 9.64 Å². The molecule has 0 radical (unpaired) electrons. The maximum Gasteiger partial charge on any atom is 0.244 e. The highest BCUT2D eigenvalue weighted by molar-refractivity contribution is 7.10. The maximum atomic E-state index is 12.6. The molecule has 1 saturated carbocycles. The molecule has 3 heterocycles. The van der Waals surface area contributed by atoms with Gasteiger partial charge in [0.2, 0.25) is 5.91 Å². The summed E-state index contributed by atoms with van der Waals surface area (Å²) in [5.41, 5.74) is -0.228. The summed E-state index contributed by atoms with van der Waals surface area (Å²) in [6.07, 6.45) is 3.14. The van der Waals surface area contributed by atoms with Crippen molar-refractivity contribution in [3.63, 3.8) is 0 Å². The molecule has 1 N–H and O–H groups in total. The number of amides is 1. The molecule has 0 aromatic carbocycles. The van der Waals surface area contributed by atoms with Gasteiger partial charge in [-0.25, -0.2) is 0 Å². The van der Waals surface area contributed by atoms with E-state index in [2.05, 4.69) is 27.7 Å². The van der Waals surface area contributed by atoms with E-state index >= 15 is 0 Å². The Bertz CT molecular complexity index is 478. The molecule has 3 fully saturated rings. The molecule has 5 heteroatoms. The lowest BCUT2D eigenvalue weighted by Crippen LogP contribution is -2.35. The molecular formula is C14H18N2O2S. The Morgan fingerprint density at radius 3 is 3.05 bits per heavy atom. The molecule has 1 amide bonds. The fourth-order valence-electron chi connectivity index (χ4n) is 3.14. The van der Waals surface area contributed by atoms with Crippen molar-refractivity contribution in [2.24, 2.45) is 5.92 Å². The van der Waals surface area contributed by atoms with Gasteiger partial charge in [0.15, 0.2) is 0 Å². The van der Waals surface area contributed by atoms with Crippen molar-refractivity contribution in [2.45, 2.75) is 31.0 Å². The smallest absolute Gasteiger partial charge is 0.244 e. The van der Waals surface area contributed by atoms with Crippen LogP contribution >= 0.6 is 11.3 Å². The van der Waals surface area contributed by atoms with Crippen LogP contribution < -0.4 is 5.32 Å². The molecule has 2 aliphatic heterocycles. The zero-order valence-corrected chi connectivity index (χ0v) is 11.6. The minimum absolute atomic E-state index is 0.0793. The van der Waals surface area contributed by atoms with Crippen LogP contribution in [0.4, 0.5) is 0 Å². The van der Waals surface area contributed by atoms with Gasteiger partial charge in [0.25, 0.3) is 0 Å². The summed E-state index contributed by atoms with van der Waals surface area (Å²) < 4.78 is 5.44. The second-order valence-corrected chi connectivity index (χ2v) is 6.81. The summed E-state index contributed by atoms with van der Waals surface area (Å²) in [5, 5.41) is 5.64. The van der Waals surface area contributed by atoms with E-state index in [-0.39, 0.29) is 11.7 Å². The van der Waals surface area contributed by atoms with Crippen molar-refractivity contribution in [3.8, 4) is 0 Å². The summed E-state index contributed by atoms with van der Waals surface area (Å²) in [6.45, 7) is 2.47. The normalized spacial score (nSPS) is 32.4. The lowest BCUT2D eigenvalue weighted by atomic mass is 10.1. The number of nitrogens with zero attached hydrogens (tertiary/aromatic N) is 1. The number of carbonyl (C=O) groups is 1. The minimum Gasteiger partial charge on any atom is -0.381 e. The van der Waals surface area contributed by atoms with E-state index in [9.17, 15) is 4.79 Å². The van der Waals surface area contributed by atoms with E-state index in [0.29, 0.717) is 11.8 Å². The predicted molar refractivity (Wildman–Crippen MR) is 72.8 cm³/mol. The van der Waals surface area contributed by atoms with Crippen LogP contribution in [0.25, 0.3) is 0 Å². The van der Waals surface area contributed by atoms with Crippen molar-refractivity contribution in [3.05, 3.63) is 22.4 Å². The average molecular weight is 278 g/mol. The molecule has 1 spiro atoms. The van der Waals surface area contributed by atoms with Gasteiger partial charge in [0.1, 0.15) is 11.7 Å². The van der Waals surface area contributed by atoms with Crippen LogP contribution in [0.15, 0.2) is 17.5 Å². The van der Waals surface area contributed by atoms with Gasteiger partial charge in [-0.15, -0.1) is 11.3 Å². The number of ether oxygens (including phenoxy) is 1. The van der Waals surface area contributed by atoms with Crippen LogP contribution in [0.1, 0.15) is 30.3 Å². The van der Waals surface area contributed by atoms with E-state index in [1.807, 2.05) is 0 Å². The second kappa shape index (κ2) is 4.30. The zero-order valence-electron chi connectivity index (χ0n) is 10.8. The molecule has 1 aliphatic carbocycles. The summed E-state index contributed by atoms with van der Waals surface area (Å²) in [4.78, 5) is 15.9. The number of hydrogen-bond donors (Lipinski definition) is 1. The fourth-order valence-corrected chi connectivity index (χ4v) is 3.93. The van der Waals surface area contributed by atoms with Gasteiger partial charge in [-0.05, 0) is 30.7 Å². The second-order valence-electron chi connectivity index (χ2n) is 5.83. The van der Waals surface area contributed by atoms with Crippen molar-refractivity contribution < 1.29 is 9.53 Å². The van der Waals surface area contributed by atoms with E-state index < -0.39 is 0 Å². The fraction of sp³-hybridized carbons (Fsp3) is 0.643. The Hall–Kier alpha value is -0.910. The first kappa shape index (κ1) is 11.9. The van der Waals surface area contributed by atoms with Crippen LogP contribution in [0.3, 0.4) is 0 Å². The van der Waals surface area contributed by atoms with Gasteiger partial charge in [-0.3, -0.25) is 10.1 Å². The molecule has 3 aliphatic rings.